The van der Waals surface area contributed by atoms with Gasteiger partial charge in [0.25, 0.3) is 0 Å². The van der Waals surface area contributed by atoms with Crippen LogP contribution in [0.2, 0.25) is 0 Å². The van der Waals surface area contributed by atoms with E-state index >= 15 is 0 Å². The second-order valence-corrected chi connectivity index (χ2v) is 6.60. The molecule has 9 heteroatoms. The topological polar surface area (TPSA) is 96.5 Å². The number of anilines is 1. The summed E-state index contributed by atoms with van der Waals surface area (Å²) in [7, 11) is -2.17. The highest BCUT2D eigenvalue weighted by atomic mass is 35.5. The molecule has 0 aromatic heterocycles. The van der Waals surface area contributed by atoms with E-state index in [1.165, 1.54) is 19.2 Å². The zero-order valence-electron chi connectivity index (χ0n) is 12.2. The number of morpholine rings is 1. The maximum atomic E-state index is 11.9. The Labute approximate surface area is 136 Å². The molecule has 0 saturated carbocycles. The second kappa shape index (κ2) is 8.44. The molecular weight excluding hydrogens is 330 g/mol. The van der Waals surface area contributed by atoms with Crippen LogP contribution in [0, 0.1) is 0 Å². The van der Waals surface area contributed by atoms with Crippen molar-refractivity contribution in [1.82, 2.24) is 10.0 Å². The first-order chi connectivity index (χ1) is 10.0. The number of amides is 1. The smallest absolute Gasteiger partial charge is 0.240 e. The quantitative estimate of drug-likeness (QED) is 0.712. The van der Waals surface area contributed by atoms with E-state index in [1.807, 2.05) is 0 Å². The number of halogens is 1. The van der Waals surface area contributed by atoms with Gasteiger partial charge in [-0.05, 0) is 25.2 Å². The van der Waals surface area contributed by atoms with E-state index in [4.69, 9.17) is 4.74 Å². The number of rotatable bonds is 5. The molecule has 1 aromatic carbocycles. The van der Waals surface area contributed by atoms with Crippen LogP contribution < -0.4 is 15.4 Å². The standard InChI is InChI=1S/C13H19N3O4S.ClH/c1-14-21(18,19)12-4-2-3-10(7-12)16-13(17)8-11-9-20-6-5-15-11;/h2-4,7,11,14-15H,5-6,8-9H2,1H3,(H,16,17);1H. The first-order valence-corrected chi connectivity index (χ1v) is 8.14. The second-order valence-electron chi connectivity index (χ2n) is 4.71. The van der Waals surface area contributed by atoms with Crippen LogP contribution in [0.5, 0.6) is 0 Å². The predicted octanol–water partition coefficient (Wildman–Crippen LogP) is 0.333. The Morgan fingerprint density at radius 2 is 2.23 bits per heavy atom. The van der Waals surface area contributed by atoms with Gasteiger partial charge in [-0.25, -0.2) is 13.1 Å². The highest BCUT2D eigenvalue weighted by molar-refractivity contribution is 7.89. The molecule has 0 spiro atoms. The molecule has 0 radical (unpaired) electrons. The largest absolute Gasteiger partial charge is 0.378 e. The lowest BCUT2D eigenvalue weighted by atomic mass is 10.2. The molecule has 1 heterocycles. The zero-order chi connectivity index (χ0) is 15.3. The number of hydrogen-bond donors (Lipinski definition) is 3. The molecule has 3 N–H and O–H groups in total. The third kappa shape index (κ3) is 5.22. The SMILES string of the molecule is CNS(=O)(=O)c1cccc(NC(=O)CC2COCCN2)c1.Cl. The Bertz CT molecular complexity index is 603. The van der Waals surface area contributed by atoms with Crippen molar-refractivity contribution >= 4 is 34.0 Å². The third-order valence-corrected chi connectivity index (χ3v) is 4.54. The summed E-state index contributed by atoms with van der Waals surface area (Å²) in [5.74, 6) is -0.183. The number of ether oxygens (including phenoxy) is 1. The van der Waals surface area contributed by atoms with Gasteiger partial charge in [0.15, 0.2) is 0 Å². The first kappa shape index (κ1) is 18.9. The molecule has 1 aromatic rings. The summed E-state index contributed by atoms with van der Waals surface area (Å²) in [5.41, 5.74) is 0.452. The van der Waals surface area contributed by atoms with Crippen molar-refractivity contribution < 1.29 is 17.9 Å². The summed E-state index contributed by atoms with van der Waals surface area (Å²) in [6, 6.07) is 6.12. The molecule has 0 aliphatic carbocycles. The number of hydrogen-bond acceptors (Lipinski definition) is 5. The van der Waals surface area contributed by atoms with Gasteiger partial charge in [0.2, 0.25) is 15.9 Å². The van der Waals surface area contributed by atoms with Crippen LogP contribution in [0.3, 0.4) is 0 Å². The van der Waals surface area contributed by atoms with Crippen LogP contribution in [0.1, 0.15) is 6.42 Å². The van der Waals surface area contributed by atoms with Gasteiger partial charge in [0.1, 0.15) is 0 Å². The molecule has 1 aliphatic rings. The summed E-state index contributed by atoms with van der Waals surface area (Å²) in [5, 5.41) is 5.89. The van der Waals surface area contributed by atoms with Gasteiger partial charge in [-0.1, -0.05) is 6.07 Å². The van der Waals surface area contributed by atoms with E-state index in [9.17, 15) is 13.2 Å². The van der Waals surface area contributed by atoms with Crippen LogP contribution in [0.4, 0.5) is 5.69 Å². The van der Waals surface area contributed by atoms with Crippen molar-refractivity contribution in [2.24, 2.45) is 0 Å². The van der Waals surface area contributed by atoms with Crippen molar-refractivity contribution in [2.75, 3.05) is 32.1 Å². The fraction of sp³-hybridized carbons (Fsp3) is 0.462. The van der Waals surface area contributed by atoms with Crippen LogP contribution >= 0.6 is 12.4 Å². The molecule has 1 amide bonds. The number of carbonyl (C=O) groups excluding carboxylic acids is 1. The molecule has 0 bridgehead atoms. The number of nitrogens with one attached hydrogen (secondary N) is 3. The Morgan fingerprint density at radius 1 is 1.45 bits per heavy atom. The molecule has 2 rings (SSSR count). The zero-order valence-corrected chi connectivity index (χ0v) is 13.8. The summed E-state index contributed by atoms with van der Waals surface area (Å²) in [6.07, 6.45) is 0.281. The van der Waals surface area contributed by atoms with Gasteiger partial charge in [-0.3, -0.25) is 4.79 Å². The Balaban J connectivity index is 0.00000242. The maximum Gasteiger partial charge on any atom is 0.240 e. The number of carbonyl (C=O) groups is 1. The lowest BCUT2D eigenvalue weighted by molar-refractivity contribution is -0.117. The highest BCUT2D eigenvalue weighted by Gasteiger charge is 2.17. The Morgan fingerprint density at radius 3 is 2.86 bits per heavy atom. The highest BCUT2D eigenvalue weighted by Crippen LogP contribution is 2.15. The van der Waals surface area contributed by atoms with Gasteiger partial charge in [-0.2, -0.15) is 0 Å². The average Bonchev–Trinajstić information content (AvgIpc) is 2.48. The molecule has 1 fully saturated rings. The first-order valence-electron chi connectivity index (χ1n) is 6.66. The van der Waals surface area contributed by atoms with Crippen LogP contribution in [-0.2, 0) is 19.6 Å². The molecule has 22 heavy (non-hydrogen) atoms. The van der Waals surface area contributed by atoms with E-state index < -0.39 is 10.0 Å². The van der Waals surface area contributed by atoms with Crippen LogP contribution in [-0.4, -0.2) is 47.2 Å². The minimum absolute atomic E-state index is 0. The van der Waals surface area contributed by atoms with E-state index in [2.05, 4.69) is 15.4 Å². The fourth-order valence-electron chi connectivity index (χ4n) is 2.05. The molecule has 1 atom stereocenters. The van der Waals surface area contributed by atoms with Gasteiger partial charge in [0.05, 0.1) is 18.1 Å². The molecule has 124 valence electrons. The van der Waals surface area contributed by atoms with E-state index in [-0.39, 0.29) is 35.7 Å². The minimum Gasteiger partial charge on any atom is -0.378 e. The molecule has 1 aliphatic heterocycles. The fourth-order valence-corrected chi connectivity index (χ4v) is 2.82. The Kier molecular flexibility index (Phi) is 7.24. The Hall–Kier alpha value is -1.19. The third-order valence-electron chi connectivity index (χ3n) is 3.13. The molecular formula is C13H20ClN3O4S. The maximum absolute atomic E-state index is 11.9. The summed E-state index contributed by atoms with van der Waals surface area (Å²) in [4.78, 5) is 12.1. The van der Waals surface area contributed by atoms with Crippen LogP contribution in [0.25, 0.3) is 0 Å². The van der Waals surface area contributed by atoms with Crippen molar-refractivity contribution in [3.05, 3.63) is 24.3 Å². The predicted molar refractivity (Wildman–Crippen MR) is 85.8 cm³/mol. The molecule has 1 saturated heterocycles. The number of sulfonamides is 1. The lowest BCUT2D eigenvalue weighted by Gasteiger charge is -2.23. The van der Waals surface area contributed by atoms with Gasteiger partial charge in [-0.15, -0.1) is 12.4 Å². The summed E-state index contributed by atoms with van der Waals surface area (Å²) in [6.45, 7) is 1.89. The van der Waals surface area contributed by atoms with Gasteiger partial charge in [0, 0.05) is 24.7 Å². The average molecular weight is 350 g/mol. The lowest BCUT2D eigenvalue weighted by Crippen LogP contribution is -2.43. The minimum atomic E-state index is -3.52. The van der Waals surface area contributed by atoms with Gasteiger partial charge < -0.3 is 15.4 Å². The van der Waals surface area contributed by atoms with Gasteiger partial charge >= 0.3 is 0 Å². The monoisotopic (exact) mass is 349 g/mol. The van der Waals surface area contributed by atoms with Crippen LogP contribution in [0.15, 0.2) is 29.2 Å². The molecule has 7 nitrogen and oxygen atoms in total. The summed E-state index contributed by atoms with van der Waals surface area (Å²) < 4.78 is 30.9. The molecule has 1 unspecified atom stereocenters. The van der Waals surface area contributed by atoms with Crippen molar-refractivity contribution in [1.29, 1.82) is 0 Å². The van der Waals surface area contributed by atoms with E-state index in [0.717, 1.165) is 6.54 Å². The normalized spacial score (nSPS) is 18.3. The summed E-state index contributed by atoms with van der Waals surface area (Å²) >= 11 is 0. The van der Waals surface area contributed by atoms with E-state index in [1.54, 1.807) is 12.1 Å². The van der Waals surface area contributed by atoms with Crippen molar-refractivity contribution in [2.45, 2.75) is 17.4 Å². The number of benzene rings is 1. The van der Waals surface area contributed by atoms with Crippen molar-refractivity contribution in [3.8, 4) is 0 Å². The van der Waals surface area contributed by atoms with E-state index in [0.29, 0.717) is 18.9 Å². The van der Waals surface area contributed by atoms with Crippen molar-refractivity contribution in [3.63, 3.8) is 0 Å².